The largest absolute Gasteiger partial charge is 0.416 e. The molecular formula is C27H20F6. The fraction of sp³-hybridized carbons (Fsp3) is 0.259. The molecule has 6 heteroatoms. The van der Waals surface area contributed by atoms with Gasteiger partial charge in [-0.2, -0.15) is 26.3 Å². The van der Waals surface area contributed by atoms with Crippen molar-refractivity contribution < 1.29 is 26.3 Å². The summed E-state index contributed by atoms with van der Waals surface area (Å²) in [5, 5.41) is 4.19. The smallest absolute Gasteiger partial charge is 0.171 e. The van der Waals surface area contributed by atoms with E-state index in [0.29, 0.717) is 30.4 Å². The Balaban J connectivity index is 1.52. The molecule has 0 unspecified atom stereocenters. The highest BCUT2D eigenvalue weighted by Crippen LogP contribution is 2.37. The van der Waals surface area contributed by atoms with Gasteiger partial charge in [-0.15, -0.1) is 0 Å². The number of benzene rings is 3. The van der Waals surface area contributed by atoms with Crippen molar-refractivity contribution in [1.82, 2.24) is 0 Å². The van der Waals surface area contributed by atoms with Gasteiger partial charge >= 0.3 is 12.4 Å². The van der Waals surface area contributed by atoms with Crippen LogP contribution in [0.2, 0.25) is 0 Å². The number of alkyl halides is 6. The molecule has 2 aliphatic rings. The van der Waals surface area contributed by atoms with Gasteiger partial charge in [0.05, 0.1) is 12.0 Å². The lowest BCUT2D eigenvalue weighted by molar-refractivity contribution is -0.137. The Labute approximate surface area is 186 Å². The lowest BCUT2D eigenvalue weighted by Crippen LogP contribution is -2.34. The topological polar surface area (TPSA) is 0 Å². The quantitative estimate of drug-likeness (QED) is 0.283. The van der Waals surface area contributed by atoms with Crippen molar-refractivity contribution >= 4 is 22.4 Å². The van der Waals surface area contributed by atoms with Crippen LogP contribution in [0.15, 0.2) is 66.2 Å². The molecule has 0 bridgehead atoms. The van der Waals surface area contributed by atoms with Gasteiger partial charge in [-0.1, -0.05) is 59.7 Å². The van der Waals surface area contributed by atoms with Crippen molar-refractivity contribution in [3.8, 4) is 11.1 Å². The summed E-state index contributed by atoms with van der Waals surface area (Å²) >= 11 is 0. The first-order chi connectivity index (χ1) is 15.6. The second-order valence-corrected chi connectivity index (χ2v) is 8.73. The molecule has 33 heavy (non-hydrogen) atoms. The number of rotatable bonds is 2. The summed E-state index contributed by atoms with van der Waals surface area (Å²) in [6.07, 6.45) is -3.77. The summed E-state index contributed by atoms with van der Waals surface area (Å²) in [4.78, 5) is 0. The fourth-order valence-electron chi connectivity index (χ4n) is 5.03. The van der Waals surface area contributed by atoms with Crippen LogP contribution in [0.4, 0.5) is 26.3 Å². The Hall–Kier alpha value is -3.02. The molecule has 0 fully saturated rings. The number of hydrogen-bond acceptors (Lipinski definition) is 0. The fourth-order valence-corrected chi connectivity index (χ4v) is 5.03. The van der Waals surface area contributed by atoms with Crippen LogP contribution in [0.5, 0.6) is 0 Å². The van der Waals surface area contributed by atoms with Gasteiger partial charge in [0.15, 0.2) is 0 Å². The molecule has 0 amide bonds. The first-order valence-corrected chi connectivity index (χ1v) is 10.8. The van der Waals surface area contributed by atoms with Crippen LogP contribution in [0, 0.1) is 5.92 Å². The first kappa shape index (κ1) is 21.8. The highest BCUT2D eigenvalue weighted by molar-refractivity contribution is 5.89. The highest BCUT2D eigenvalue weighted by Gasteiger charge is 2.32. The first-order valence-electron chi connectivity index (χ1n) is 10.8. The van der Waals surface area contributed by atoms with E-state index in [0.717, 1.165) is 38.9 Å². The van der Waals surface area contributed by atoms with Crippen LogP contribution in [0.1, 0.15) is 31.2 Å². The van der Waals surface area contributed by atoms with Crippen LogP contribution in [0.25, 0.3) is 33.5 Å². The van der Waals surface area contributed by atoms with Crippen LogP contribution >= 0.6 is 0 Å². The van der Waals surface area contributed by atoms with Gasteiger partial charge in [0.1, 0.15) is 0 Å². The average Bonchev–Trinajstić information content (AvgIpc) is 2.76. The van der Waals surface area contributed by atoms with Crippen molar-refractivity contribution in [1.29, 1.82) is 0 Å². The minimum absolute atomic E-state index is 0.00692. The zero-order valence-corrected chi connectivity index (χ0v) is 17.5. The minimum atomic E-state index is -4.37. The van der Waals surface area contributed by atoms with Gasteiger partial charge in [0.25, 0.3) is 0 Å². The van der Waals surface area contributed by atoms with Crippen LogP contribution in [-0.2, 0) is 6.18 Å². The summed E-state index contributed by atoms with van der Waals surface area (Å²) < 4.78 is 76.9. The molecule has 2 aliphatic carbocycles. The van der Waals surface area contributed by atoms with Crippen molar-refractivity contribution in [3.63, 3.8) is 0 Å². The maximum Gasteiger partial charge on any atom is 0.416 e. The third-order valence-electron chi connectivity index (χ3n) is 6.56. The average molecular weight is 458 g/mol. The maximum absolute atomic E-state index is 12.8. The Morgan fingerprint density at radius 1 is 0.788 bits per heavy atom. The van der Waals surface area contributed by atoms with Gasteiger partial charge < -0.3 is 0 Å². The summed E-state index contributed by atoms with van der Waals surface area (Å²) in [6.45, 7) is 0. The normalized spacial score (nSPS) is 18.4. The standard InChI is InChI=1S/C27H20F6/c28-26(29,30)15-16-1-9-22-19(13-16)5-11-25-23-10-4-18(14-20(23)6-12-24(22)25)17-2-7-21(8-3-17)27(31,32)33/h2-4,6-8,10-14,19H,1,5,9,15H2/t19-/m0/s1. The molecular weight excluding hydrogens is 438 g/mol. The van der Waals surface area contributed by atoms with E-state index in [9.17, 15) is 26.3 Å². The number of fused-ring (bicyclic) bond motifs is 4. The van der Waals surface area contributed by atoms with Crippen LogP contribution in [-0.4, -0.2) is 6.18 Å². The molecule has 3 aromatic rings. The molecule has 5 rings (SSSR count). The van der Waals surface area contributed by atoms with Crippen molar-refractivity contribution in [2.75, 3.05) is 0 Å². The van der Waals surface area contributed by atoms with Gasteiger partial charge in [-0.3, -0.25) is 0 Å². The van der Waals surface area contributed by atoms with E-state index in [1.807, 2.05) is 30.3 Å². The predicted octanol–water partition coefficient (Wildman–Crippen LogP) is 7.15. The molecule has 0 N–H and O–H groups in total. The Morgan fingerprint density at radius 2 is 1.52 bits per heavy atom. The number of halogens is 6. The van der Waals surface area contributed by atoms with E-state index in [1.165, 1.54) is 17.7 Å². The van der Waals surface area contributed by atoms with E-state index in [1.54, 1.807) is 6.08 Å². The lowest BCUT2D eigenvalue weighted by atomic mass is 9.78. The molecule has 0 spiro atoms. The number of hydrogen-bond donors (Lipinski definition) is 0. The summed E-state index contributed by atoms with van der Waals surface area (Å²) in [7, 11) is 0. The molecule has 3 aromatic carbocycles. The molecule has 0 aromatic heterocycles. The lowest BCUT2D eigenvalue weighted by Gasteiger charge is -2.27. The van der Waals surface area contributed by atoms with Crippen LogP contribution in [0.3, 0.4) is 0 Å². The van der Waals surface area contributed by atoms with Gasteiger partial charge in [0.2, 0.25) is 0 Å². The predicted molar refractivity (Wildman–Crippen MR) is 118 cm³/mol. The van der Waals surface area contributed by atoms with Crippen molar-refractivity contribution in [2.24, 2.45) is 5.92 Å². The van der Waals surface area contributed by atoms with Crippen molar-refractivity contribution in [3.05, 3.63) is 82.2 Å². The molecule has 0 radical (unpaired) electrons. The molecule has 0 saturated carbocycles. The molecule has 0 aliphatic heterocycles. The van der Waals surface area contributed by atoms with Crippen LogP contribution < -0.4 is 10.4 Å². The summed E-state index contributed by atoms with van der Waals surface area (Å²) in [5.41, 5.74) is 2.51. The maximum atomic E-state index is 12.8. The Kier molecular flexibility index (Phi) is 5.15. The Morgan fingerprint density at radius 3 is 2.21 bits per heavy atom. The van der Waals surface area contributed by atoms with E-state index >= 15 is 0 Å². The van der Waals surface area contributed by atoms with Crippen molar-refractivity contribution in [2.45, 2.75) is 38.0 Å². The monoisotopic (exact) mass is 458 g/mol. The summed E-state index contributed by atoms with van der Waals surface area (Å²) in [5.74, 6) is 0.00692. The zero-order valence-electron chi connectivity index (χ0n) is 17.5. The third-order valence-corrected chi connectivity index (χ3v) is 6.56. The minimum Gasteiger partial charge on any atom is -0.171 e. The molecule has 0 heterocycles. The van der Waals surface area contributed by atoms with Gasteiger partial charge in [0, 0.05) is 5.92 Å². The molecule has 1 atom stereocenters. The molecule has 0 saturated heterocycles. The highest BCUT2D eigenvalue weighted by atomic mass is 19.4. The molecule has 0 nitrogen and oxygen atoms in total. The molecule has 170 valence electrons. The second-order valence-electron chi connectivity index (χ2n) is 8.73. The van der Waals surface area contributed by atoms with E-state index in [4.69, 9.17) is 0 Å². The zero-order chi connectivity index (χ0) is 23.4. The van der Waals surface area contributed by atoms with Gasteiger partial charge in [-0.05, 0) is 69.8 Å². The SMILES string of the molecule is FC(F)(F)CC1=C[C@@H]2CC=c3c(ccc4cc(-c5ccc(C(F)(F)F)cc5)ccc34)=C2CC1. The summed E-state index contributed by atoms with van der Waals surface area (Å²) in [6, 6.07) is 15.0. The number of allylic oxidation sites excluding steroid dienone is 2. The Bertz CT molecular complexity index is 1370. The third kappa shape index (κ3) is 4.31. The van der Waals surface area contributed by atoms with Gasteiger partial charge in [-0.25, -0.2) is 0 Å². The van der Waals surface area contributed by atoms with E-state index in [-0.39, 0.29) is 5.92 Å². The second kappa shape index (κ2) is 7.79. The van der Waals surface area contributed by atoms with E-state index in [2.05, 4.69) is 6.08 Å². The van der Waals surface area contributed by atoms with E-state index < -0.39 is 24.3 Å².